The van der Waals surface area contributed by atoms with E-state index < -0.39 is 6.04 Å². The predicted octanol–water partition coefficient (Wildman–Crippen LogP) is 1.92. The molecule has 1 aromatic carbocycles. The van der Waals surface area contributed by atoms with E-state index in [1.807, 2.05) is 13.8 Å². The summed E-state index contributed by atoms with van der Waals surface area (Å²) in [6.45, 7) is 4.11. The fourth-order valence-electron chi connectivity index (χ4n) is 2.12. The van der Waals surface area contributed by atoms with Gasteiger partial charge >= 0.3 is 0 Å². The number of aromatic nitrogens is 3. The molecule has 2 unspecified atom stereocenters. The van der Waals surface area contributed by atoms with Gasteiger partial charge in [0, 0.05) is 10.6 Å². The van der Waals surface area contributed by atoms with Crippen LogP contribution in [0.1, 0.15) is 36.5 Å². The summed E-state index contributed by atoms with van der Waals surface area (Å²) in [5.41, 5.74) is 0.454. The highest BCUT2D eigenvalue weighted by Crippen LogP contribution is 2.12. The van der Waals surface area contributed by atoms with Gasteiger partial charge in [0.2, 0.25) is 5.91 Å². The van der Waals surface area contributed by atoms with Crippen LogP contribution in [0.25, 0.3) is 0 Å². The predicted molar refractivity (Wildman–Crippen MR) is 90.4 cm³/mol. The van der Waals surface area contributed by atoms with Gasteiger partial charge in [0.1, 0.15) is 18.2 Å². The fourth-order valence-corrected chi connectivity index (χ4v) is 2.25. The molecule has 2 atom stereocenters. The molecule has 2 rings (SSSR count). The summed E-state index contributed by atoms with van der Waals surface area (Å²) in [6, 6.07) is 5.88. The number of H-pyrrole nitrogens is 1. The number of rotatable bonds is 7. The van der Waals surface area contributed by atoms with Crippen molar-refractivity contribution in [3.05, 3.63) is 47.0 Å². The van der Waals surface area contributed by atoms with Crippen molar-refractivity contribution in [3.8, 4) is 0 Å². The van der Waals surface area contributed by atoms with E-state index in [0.717, 1.165) is 6.42 Å². The monoisotopic (exact) mass is 349 g/mol. The number of hydrogen-bond acceptors (Lipinski definition) is 4. The Labute approximate surface area is 145 Å². The largest absolute Gasteiger partial charge is 0.347 e. The molecule has 128 valence electrons. The SMILES string of the molecule is CCC(C)C(NC(=O)c1ccc(Cl)cc1)C(=O)NCc1ncn[nH]1. The first-order valence-electron chi connectivity index (χ1n) is 7.69. The lowest BCUT2D eigenvalue weighted by molar-refractivity contribution is -0.124. The van der Waals surface area contributed by atoms with Gasteiger partial charge in [0.15, 0.2) is 0 Å². The first-order valence-corrected chi connectivity index (χ1v) is 8.07. The molecule has 2 amide bonds. The van der Waals surface area contributed by atoms with Crippen molar-refractivity contribution in [1.82, 2.24) is 25.8 Å². The highest BCUT2D eigenvalue weighted by molar-refractivity contribution is 6.30. The van der Waals surface area contributed by atoms with Crippen LogP contribution in [0.5, 0.6) is 0 Å². The minimum atomic E-state index is -0.638. The van der Waals surface area contributed by atoms with E-state index in [9.17, 15) is 9.59 Å². The van der Waals surface area contributed by atoms with E-state index in [0.29, 0.717) is 16.4 Å². The molecular weight excluding hydrogens is 330 g/mol. The maximum atomic E-state index is 12.5. The second-order valence-electron chi connectivity index (χ2n) is 5.49. The molecular formula is C16H20ClN5O2. The molecule has 0 radical (unpaired) electrons. The zero-order valence-corrected chi connectivity index (χ0v) is 14.3. The molecule has 1 heterocycles. The second kappa shape index (κ2) is 8.44. The number of hydrogen-bond donors (Lipinski definition) is 3. The van der Waals surface area contributed by atoms with Gasteiger partial charge < -0.3 is 10.6 Å². The first-order chi connectivity index (χ1) is 11.5. The summed E-state index contributed by atoms with van der Waals surface area (Å²) in [5, 5.41) is 12.5. The molecule has 24 heavy (non-hydrogen) atoms. The Morgan fingerprint density at radius 3 is 2.58 bits per heavy atom. The Morgan fingerprint density at radius 1 is 1.29 bits per heavy atom. The number of nitrogens with one attached hydrogen (secondary N) is 3. The average Bonchev–Trinajstić information content (AvgIpc) is 3.10. The molecule has 0 saturated heterocycles. The third kappa shape index (κ3) is 4.79. The zero-order chi connectivity index (χ0) is 17.5. The Balaban J connectivity index is 2.02. The Bertz CT molecular complexity index is 672. The molecule has 0 fully saturated rings. The van der Waals surface area contributed by atoms with E-state index in [1.54, 1.807) is 24.3 Å². The first kappa shape index (κ1) is 17.9. The summed E-state index contributed by atoms with van der Waals surface area (Å²) in [6.07, 6.45) is 2.12. The van der Waals surface area contributed by atoms with Crippen molar-refractivity contribution in [2.45, 2.75) is 32.9 Å². The minimum absolute atomic E-state index is 0.0176. The number of carbonyl (C=O) groups excluding carboxylic acids is 2. The Morgan fingerprint density at radius 2 is 2.00 bits per heavy atom. The summed E-state index contributed by atoms with van der Waals surface area (Å²) in [7, 11) is 0. The van der Waals surface area contributed by atoms with Gasteiger partial charge in [0.25, 0.3) is 5.91 Å². The third-order valence-corrected chi connectivity index (χ3v) is 4.04. The number of nitrogens with zero attached hydrogens (tertiary/aromatic N) is 2. The van der Waals surface area contributed by atoms with Gasteiger partial charge in [-0.3, -0.25) is 14.7 Å². The van der Waals surface area contributed by atoms with Crippen molar-refractivity contribution >= 4 is 23.4 Å². The van der Waals surface area contributed by atoms with Crippen LogP contribution in [0.2, 0.25) is 5.02 Å². The molecule has 7 nitrogen and oxygen atoms in total. The molecule has 0 aliphatic heterocycles. The maximum absolute atomic E-state index is 12.5. The summed E-state index contributed by atoms with van der Waals surface area (Å²) in [4.78, 5) is 28.8. The molecule has 2 aromatic rings. The quantitative estimate of drug-likeness (QED) is 0.711. The second-order valence-corrected chi connectivity index (χ2v) is 5.93. The molecule has 0 saturated carbocycles. The van der Waals surface area contributed by atoms with Crippen LogP contribution in [0.3, 0.4) is 0 Å². The number of carbonyl (C=O) groups is 2. The van der Waals surface area contributed by atoms with E-state index >= 15 is 0 Å². The summed E-state index contributed by atoms with van der Waals surface area (Å²) >= 11 is 5.83. The van der Waals surface area contributed by atoms with Crippen LogP contribution in [-0.4, -0.2) is 33.0 Å². The lowest BCUT2D eigenvalue weighted by atomic mass is 9.98. The van der Waals surface area contributed by atoms with Crippen LogP contribution in [0.15, 0.2) is 30.6 Å². The van der Waals surface area contributed by atoms with Crippen molar-refractivity contribution in [1.29, 1.82) is 0 Å². The van der Waals surface area contributed by atoms with E-state index in [-0.39, 0.29) is 24.3 Å². The van der Waals surface area contributed by atoms with E-state index in [2.05, 4.69) is 25.8 Å². The van der Waals surface area contributed by atoms with Gasteiger partial charge in [-0.15, -0.1) is 0 Å². The van der Waals surface area contributed by atoms with Gasteiger partial charge in [-0.1, -0.05) is 31.9 Å². The molecule has 0 bridgehead atoms. The van der Waals surface area contributed by atoms with Crippen LogP contribution < -0.4 is 10.6 Å². The van der Waals surface area contributed by atoms with Crippen LogP contribution in [0.4, 0.5) is 0 Å². The van der Waals surface area contributed by atoms with E-state index in [4.69, 9.17) is 11.6 Å². The van der Waals surface area contributed by atoms with Crippen molar-refractivity contribution in [2.75, 3.05) is 0 Å². The number of aromatic amines is 1. The highest BCUT2D eigenvalue weighted by atomic mass is 35.5. The lowest BCUT2D eigenvalue weighted by Crippen LogP contribution is -2.50. The maximum Gasteiger partial charge on any atom is 0.251 e. The zero-order valence-electron chi connectivity index (χ0n) is 13.5. The van der Waals surface area contributed by atoms with Crippen molar-refractivity contribution in [3.63, 3.8) is 0 Å². The Hall–Kier alpha value is -2.41. The van der Waals surface area contributed by atoms with Gasteiger partial charge in [-0.25, -0.2) is 4.98 Å². The minimum Gasteiger partial charge on any atom is -0.347 e. The summed E-state index contributed by atoms with van der Waals surface area (Å²) < 4.78 is 0. The third-order valence-electron chi connectivity index (χ3n) is 3.78. The van der Waals surface area contributed by atoms with Gasteiger partial charge in [0.05, 0.1) is 6.54 Å². The van der Waals surface area contributed by atoms with Crippen molar-refractivity contribution in [2.24, 2.45) is 5.92 Å². The van der Waals surface area contributed by atoms with Gasteiger partial charge in [-0.05, 0) is 30.2 Å². The molecule has 3 N–H and O–H groups in total. The van der Waals surface area contributed by atoms with Crippen LogP contribution >= 0.6 is 11.6 Å². The van der Waals surface area contributed by atoms with Crippen LogP contribution in [-0.2, 0) is 11.3 Å². The Kier molecular flexibility index (Phi) is 6.31. The topological polar surface area (TPSA) is 99.8 Å². The number of amides is 2. The number of benzene rings is 1. The smallest absolute Gasteiger partial charge is 0.251 e. The molecule has 8 heteroatoms. The lowest BCUT2D eigenvalue weighted by Gasteiger charge is -2.23. The normalized spacial score (nSPS) is 13.1. The molecule has 0 spiro atoms. The van der Waals surface area contributed by atoms with Crippen LogP contribution in [0, 0.1) is 5.92 Å². The molecule has 0 aliphatic rings. The molecule has 0 aliphatic carbocycles. The van der Waals surface area contributed by atoms with Crippen molar-refractivity contribution < 1.29 is 9.59 Å². The van der Waals surface area contributed by atoms with Gasteiger partial charge in [-0.2, -0.15) is 5.10 Å². The standard InChI is InChI=1S/C16H20ClN5O2/c1-3-10(2)14(16(24)18-8-13-19-9-20-22-13)21-15(23)11-4-6-12(17)7-5-11/h4-7,9-10,14H,3,8H2,1-2H3,(H,18,24)(H,21,23)(H,19,20,22). The van der Waals surface area contributed by atoms with E-state index in [1.165, 1.54) is 6.33 Å². The molecule has 1 aromatic heterocycles. The summed E-state index contributed by atoms with van der Waals surface area (Å²) in [5.74, 6) is -0.0406. The average molecular weight is 350 g/mol. The fraction of sp³-hybridized carbons (Fsp3) is 0.375. The number of halogens is 1. The highest BCUT2D eigenvalue weighted by Gasteiger charge is 2.26.